The summed E-state index contributed by atoms with van der Waals surface area (Å²) in [5.74, 6) is 0. The van der Waals surface area contributed by atoms with Crippen LogP contribution in [0, 0.1) is 13.8 Å². The lowest BCUT2D eigenvalue weighted by Gasteiger charge is -2.22. The topological polar surface area (TPSA) is 0 Å². The molecule has 0 radical (unpaired) electrons. The molecule has 1 aliphatic carbocycles. The van der Waals surface area contributed by atoms with Gasteiger partial charge in [-0.15, -0.1) is 0 Å². The predicted molar refractivity (Wildman–Crippen MR) is 268 cm³/mol. The van der Waals surface area contributed by atoms with Gasteiger partial charge in [0.2, 0.25) is 0 Å². The van der Waals surface area contributed by atoms with Crippen molar-refractivity contribution in [2.24, 2.45) is 0 Å². The third-order valence-electron chi connectivity index (χ3n) is 14.3. The van der Waals surface area contributed by atoms with Crippen molar-refractivity contribution in [3.8, 4) is 55.6 Å². The smallest absolute Gasteiger partial charge is 0.000719 e. The molecule has 0 aromatic heterocycles. The molecule has 0 heterocycles. The summed E-state index contributed by atoms with van der Waals surface area (Å²) in [4.78, 5) is 0. The van der Waals surface area contributed by atoms with E-state index in [1.807, 2.05) is 0 Å². The first-order valence-corrected chi connectivity index (χ1v) is 21.8. The number of aryl methyl sites for hydroxylation is 2. The molecule has 0 unspecified atom stereocenters. The van der Waals surface area contributed by atoms with Crippen LogP contribution in [-0.4, -0.2) is 0 Å². The SMILES string of the molecule is Cc1cccc(C)c1-c1ccc2cc3c(cc2c1)c1ccccc1c1cc2c(-c4ccccc4)c4c(c(-c5ccccc5)c2cc31)-c1cc2cccc3ccc5ccc-4c1c5c32. The summed E-state index contributed by atoms with van der Waals surface area (Å²) in [5, 5.41) is 20.8. The van der Waals surface area contributed by atoms with Crippen LogP contribution in [0.2, 0.25) is 0 Å². The van der Waals surface area contributed by atoms with Gasteiger partial charge in [0.05, 0.1) is 0 Å². The largest absolute Gasteiger partial charge is 0.0622 e. The molecule has 13 aromatic rings. The summed E-state index contributed by atoms with van der Waals surface area (Å²) in [6, 6.07) is 73.8. The molecule has 0 aliphatic heterocycles. The summed E-state index contributed by atoms with van der Waals surface area (Å²) >= 11 is 0. The molecular formula is C62H38. The van der Waals surface area contributed by atoms with Crippen LogP contribution in [0.3, 0.4) is 0 Å². The van der Waals surface area contributed by atoms with Gasteiger partial charge in [-0.25, -0.2) is 0 Å². The van der Waals surface area contributed by atoms with E-state index in [1.54, 1.807) is 0 Å². The molecule has 1 aliphatic rings. The van der Waals surface area contributed by atoms with E-state index in [2.05, 4.69) is 208 Å². The van der Waals surface area contributed by atoms with E-state index >= 15 is 0 Å². The van der Waals surface area contributed by atoms with E-state index in [1.165, 1.54) is 153 Å². The summed E-state index contributed by atoms with van der Waals surface area (Å²) in [5.41, 5.74) is 15.6. The monoisotopic (exact) mass is 782 g/mol. The first-order valence-electron chi connectivity index (χ1n) is 21.8. The van der Waals surface area contributed by atoms with E-state index in [0.717, 1.165) is 0 Å². The second-order valence-electron chi connectivity index (χ2n) is 17.6. The molecule has 0 nitrogen and oxygen atoms in total. The highest BCUT2D eigenvalue weighted by atomic mass is 14.3. The summed E-state index contributed by atoms with van der Waals surface area (Å²) in [6.07, 6.45) is 0. The summed E-state index contributed by atoms with van der Waals surface area (Å²) in [7, 11) is 0. The predicted octanol–water partition coefficient (Wildman–Crippen LogP) is 17.6. The van der Waals surface area contributed by atoms with Crippen LogP contribution in [0.15, 0.2) is 194 Å². The van der Waals surface area contributed by atoms with Crippen LogP contribution in [0.25, 0.3) is 142 Å². The van der Waals surface area contributed by atoms with Gasteiger partial charge in [0.15, 0.2) is 0 Å². The highest BCUT2D eigenvalue weighted by Gasteiger charge is 2.32. The third kappa shape index (κ3) is 4.51. The van der Waals surface area contributed by atoms with Gasteiger partial charge >= 0.3 is 0 Å². The Morgan fingerprint density at radius 3 is 1.44 bits per heavy atom. The van der Waals surface area contributed by atoms with E-state index < -0.39 is 0 Å². The zero-order valence-electron chi connectivity index (χ0n) is 34.5. The third-order valence-corrected chi connectivity index (χ3v) is 14.3. The first kappa shape index (κ1) is 34.0. The van der Waals surface area contributed by atoms with Crippen LogP contribution in [0.4, 0.5) is 0 Å². The summed E-state index contributed by atoms with van der Waals surface area (Å²) in [6.45, 7) is 4.45. The Kier molecular flexibility index (Phi) is 6.78. The van der Waals surface area contributed by atoms with Crippen molar-refractivity contribution >= 4 is 86.2 Å². The van der Waals surface area contributed by atoms with Crippen molar-refractivity contribution in [2.75, 3.05) is 0 Å². The number of fused-ring (bicyclic) bond motifs is 11. The van der Waals surface area contributed by atoms with Crippen molar-refractivity contribution in [3.05, 3.63) is 205 Å². The highest BCUT2D eigenvalue weighted by Crippen LogP contribution is 2.60. The van der Waals surface area contributed by atoms with Crippen molar-refractivity contribution < 1.29 is 0 Å². The molecule has 62 heavy (non-hydrogen) atoms. The van der Waals surface area contributed by atoms with Crippen LogP contribution in [-0.2, 0) is 0 Å². The Balaban J connectivity index is 1.18. The molecule has 0 bridgehead atoms. The van der Waals surface area contributed by atoms with Gasteiger partial charge in [-0.3, -0.25) is 0 Å². The maximum Gasteiger partial charge on any atom is -0.000719 e. The first-order chi connectivity index (χ1) is 30.6. The quantitative estimate of drug-likeness (QED) is 0.124. The Hall–Kier alpha value is -7.80. The molecule has 0 saturated carbocycles. The van der Waals surface area contributed by atoms with E-state index in [-0.39, 0.29) is 0 Å². The highest BCUT2D eigenvalue weighted by molar-refractivity contribution is 6.37. The minimum absolute atomic E-state index is 1.24. The molecule has 14 rings (SSSR count). The molecule has 0 fully saturated rings. The number of benzene rings is 13. The van der Waals surface area contributed by atoms with Crippen LogP contribution in [0.1, 0.15) is 11.1 Å². The van der Waals surface area contributed by atoms with Gasteiger partial charge in [0, 0.05) is 0 Å². The fourth-order valence-corrected chi connectivity index (χ4v) is 11.7. The van der Waals surface area contributed by atoms with Crippen molar-refractivity contribution in [1.82, 2.24) is 0 Å². The lowest BCUT2D eigenvalue weighted by Crippen LogP contribution is -1.95. The minimum atomic E-state index is 1.24. The Bertz CT molecular complexity index is 4060. The number of hydrogen-bond donors (Lipinski definition) is 0. The normalized spacial score (nSPS) is 12.4. The van der Waals surface area contributed by atoms with Gasteiger partial charge in [-0.1, -0.05) is 158 Å². The van der Waals surface area contributed by atoms with Gasteiger partial charge in [-0.05, 0) is 203 Å². The number of hydrogen-bond acceptors (Lipinski definition) is 0. The molecule has 286 valence electrons. The zero-order chi connectivity index (χ0) is 40.8. The maximum atomic E-state index is 2.56. The van der Waals surface area contributed by atoms with E-state index in [4.69, 9.17) is 0 Å². The van der Waals surface area contributed by atoms with Crippen molar-refractivity contribution in [1.29, 1.82) is 0 Å². The standard InChI is InChI=1S/C62H38/c1-35-13-11-14-36(2)55(35)43-26-25-41-30-49-48(32-44(41)29-43)45-21-9-10-22-46(45)50-33-52-53(34-51(49)50)58(38-17-7-4-8-18-38)62-54-31-42-20-12-19-39-23-24-40-27-28-47(60(54)59(40)56(39)42)61(62)57(52)37-15-5-3-6-16-37/h3-34H,1-2H3. The molecule has 0 saturated heterocycles. The van der Waals surface area contributed by atoms with Gasteiger partial charge in [0.25, 0.3) is 0 Å². The van der Waals surface area contributed by atoms with Crippen LogP contribution < -0.4 is 0 Å². The molecule has 0 atom stereocenters. The molecular weight excluding hydrogens is 745 g/mol. The second-order valence-corrected chi connectivity index (χ2v) is 17.6. The van der Waals surface area contributed by atoms with Gasteiger partial charge in [0.1, 0.15) is 0 Å². The van der Waals surface area contributed by atoms with E-state index in [0.29, 0.717) is 0 Å². The average molecular weight is 783 g/mol. The zero-order valence-corrected chi connectivity index (χ0v) is 34.5. The fraction of sp³-hybridized carbons (Fsp3) is 0.0323. The second kappa shape index (κ2) is 12.4. The Morgan fingerprint density at radius 2 is 0.742 bits per heavy atom. The number of rotatable bonds is 3. The molecule has 0 amide bonds. The fourth-order valence-electron chi connectivity index (χ4n) is 11.7. The Labute approximate surface area is 359 Å². The van der Waals surface area contributed by atoms with Gasteiger partial charge in [-0.2, -0.15) is 0 Å². The maximum absolute atomic E-state index is 2.56. The lowest BCUT2D eigenvalue weighted by atomic mass is 9.80. The molecule has 13 aromatic carbocycles. The molecule has 0 spiro atoms. The molecule has 0 N–H and O–H groups in total. The minimum Gasteiger partial charge on any atom is -0.0622 e. The lowest BCUT2D eigenvalue weighted by molar-refractivity contribution is 1.38. The van der Waals surface area contributed by atoms with Gasteiger partial charge < -0.3 is 0 Å². The molecule has 0 heteroatoms. The summed E-state index contributed by atoms with van der Waals surface area (Å²) < 4.78 is 0. The Morgan fingerprint density at radius 1 is 0.226 bits per heavy atom. The average Bonchev–Trinajstić information content (AvgIpc) is 3.64. The van der Waals surface area contributed by atoms with Crippen LogP contribution in [0.5, 0.6) is 0 Å². The van der Waals surface area contributed by atoms with E-state index in [9.17, 15) is 0 Å². The van der Waals surface area contributed by atoms with Crippen molar-refractivity contribution in [2.45, 2.75) is 13.8 Å². The van der Waals surface area contributed by atoms with Crippen molar-refractivity contribution in [3.63, 3.8) is 0 Å². The van der Waals surface area contributed by atoms with Crippen LogP contribution >= 0.6 is 0 Å².